The molecule has 31 heavy (non-hydrogen) atoms. The van der Waals surface area contributed by atoms with Crippen molar-refractivity contribution in [2.75, 3.05) is 11.3 Å². The Bertz CT molecular complexity index is 1210. The van der Waals surface area contributed by atoms with Crippen LogP contribution in [0.3, 0.4) is 0 Å². The van der Waals surface area contributed by atoms with Crippen LogP contribution in [0.4, 0.5) is 5.69 Å². The van der Waals surface area contributed by atoms with Gasteiger partial charge in [-0.1, -0.05) is 35.9 Å². The van der Waals surface area contributed by atoms with Crippen LogP contribution in [0.5, 0.6) is 0 Å². The van der Waals surface area contributed by atoms with Crippen molar-refractivity contribution in [2.24, 2.45) is 0 Å². The second-order valence-corrected chi connectivity index (χ2v) is 8.77. The van der Waals surface area contributed by atoms with Gasteiger partial charge in [-0.3, -0.25) is 9.52 Å². The Morgan fingerprint density at radius 3 is 2.29 bits per heavy atom. The lowest BCUT2D eigenvalue weighted by atomic mass is 10.1. The zero-order valence-electron chi connectivity index (χ0n) is 16.2. The lowest BCUT2D eigenvalue weighted by Gasteiger charge is -2.10. The number of carbonyl (C=O) groups is 2. The average Bonchev–Trinajstić information content (AvgIpc) is 2.74. The number of hydrogen-bond donors (Lipinski definition) is 3. The molecule has 0 aliphatic heterocycles. The maximum Gasteiger partial charge on any atom is 0.335 e. The number of sulfonamides is 1. The van der Waals surface area contributed by atoms with E-state index in [2.05, 4.69) is 10.0 Å². The molecule has 3 aromatic rings. The molecule has 0 bridgehead atoms. The van der Waals surface area contributed by atoms with E-state index in [9.17, 15) is 18.0 Å². The third-order valence-electron chi connectivity index (χ3n) is 4.38. The van der Waals surface area contributed by atoms with E-state index in [-0.39, 0.29) is 22.1 Å². The van der Waals surface area contributed by atoms with E-state index < -0.39 is 16.0 Å². The first-order valence-electron chi connectivity index (χ1n) is 9.23. The number of aromatic carboxylic acids is 1. The molecule has 160 valence electrons. The number of hydrogen-bond acceptors (Lipinski definition) is 4. The molecule has 0 aromatic heterocycles. The molecular weight excluding hydrogens is 440 g/mol. The summed E-state index contributed by atoms with van der Waals surface area (Å²) >= 11 is 5.86. The number of anilines is 1. The monoisotopic (exact) mass is 458 g/mol. The summed E-state index contributed by atoms with van der Waals surface area (Å²) in [6, 6.07) is 18.4. The molecule has 0 saturated heterocycles. The van der Waals surface area contributed by atoms with Gasteiger partial charge in [-0.05, 0) is 60.5 Å². The molecule has 0 atom stereocenters. The summed E-state index contributed by atoms with van der Waals surface area (Å²) in [4.78, 5) is 23.3. The first-order chi connectivity index (χ1) is 14.7. The molecular formula is C22H19ClN2O5S. The summed E-state index contributed by atoms with van der Waals surface area (Å²) in [7, 11) is -3.85. The highest BCUT2D eigenvalue weighted by Crippen LogP contribution is 2.20. The first kappa shape index (κ1) is 22.3. The molecule has 0 unspecified atom stereocenters. The molecule has 9 heteroatoms. The Labute approximate surface area is 184 Å². The minimum absolute atomic E-state index is 0.0174. The van der Waals surface area contributed by atoms with E-state index >= 15 is 0 Å². The lowest BCUT2D eigenvalue weighted by Crippen LogP contribution is -2.25. The number of nitrogens with one attached hydrogen (secondary N) is 2. The standard InChI is InChI=1S/C22H19ClN2O5S/c23-18-4-2-6-20(14-18)31(29,30)25-19-5-1-3-17(13-19)21(26)24-12-11-15-7-9-16(10-8-15)22(27)28/h1-10,13-14,25H,11-12H2,(H,24,26)(H,27,28). The van der Waals surface area contributed by atoms with Crippen molar-refractivity contribution in [1.82, 2.24) is 5.32 Å². The van der Waals surface area contributed by atoms with Crippen LogP contribution in [0.25, 0.3) is 0 Å². The Morgan fingerprint density at radius 2 is 1.61 bits per heavy atom. The Kier molecular flexibility index (Phi) is 6.94. The smallest absolute Gasteiger partial charge is 0.335 e. The zero-order chi connectivity index (χ0) is 22.4. The third kappa shape index (κ3) is 6.07. The van der Waals surface area contributed by atoms with Crippen LogP contribution in [0, 0.1) is 0 Å². The van der Waals surface area contributed by atoms with E-state index in [1.54, 1.807) is 36.4 Å². The normalized spacial score (nSPS) is 11.0. The highest BCUT2D eigenvalue weighted by molar-refractivity contribution is 7.92. The van der Waals surface area contributed by atoms with Crippen molar-refractivity contribution in [3.8, 4) is 0 Å². The Balaban J connectivity index is 1.61. The molecule has 0 aliphatic carbocycles. The van der Waals surface area contributed by atoms with Gasteiger partial charge in [-0.2, -0.15) is 0 Å². The van der Waals surface area contributed by atoms with Gasteiger partial charge in [0, 0.05) is 22.8 Å². The lowest BCUT2D eigenvalue weighted by molar-refractivity contribution is 0.0696. The van der Waals surface area contributed by atoms with Gasteiger partial charge in [-0.15, -0.1) is 0 Å². The molecule has 3 aromatic carbocycles. The van der Waals surface area contributed by atoms with Crippen LogP contribution in [-0.4, -0.2) is 31.9 Å². The quantitative estimate of drug-likeness (QED) is 0.475. The van der Waals surface area contributed by atoms with Crippen LogP contribution in [0.1, 0.15) is 26.3 Å². The maximum atomic E-state index is 12.5. The largest absolute Gasteiger partial charge is 0.478 e. The minimum Gasteiger partial charge on any atom is -0.478 e. The summed E-state index contributed by atoms with van der Waals surface area (Å²) in [6.07, 6.45) is 0.521. The van der Waals surface area contributed by atoms with E-state index in [0.717, 1.165) is 5.56 Å². The van der Waals surface area contributed by atoms with Crippen molar-refractivity contribution in [1.29, 1.82) is 0 Å². The summed E-state index contributed by atoms with van der Waals surface area (Å²) in [6.45, 7) is 0.337. The third-order valence-corrected chi connectivity index (χ3v) is 6.00. The molecule has 7 nitrogen and oxygen atoms in total. The predicted octanol–water partition coefficient (Wildman–Crippen LogP) is 3.81. The fourth-order valence-electron chi connectivity index (χ4n) is 2.81. The summed E-state index contributed by atoms with van der Waals surface area (Å²) < 4.78 is 27.5. The van der Waals surface area contributed by atoms with E-state index in [4.69, 9.17) is 16.7 Å². The number of amides is 1. The molecule has 0 saturated carbocycles. The summed E-state index contributed by atoms with van der Waals surface area (Å²) in [5.74, 6) is -1.35. The fourth-order valence-corrected chi connectivity index (χ4v) is 4.16. The van der Waals surface area contributed by atoms with Crippen LogP contribution >= 0.6 is 11.6 Å². The zero-order valence-corrected chi connectivity index (χ0v) is 17.8. The SMILES string of the molecule is O=C(O)c1ccc(CCNC(=O)c2cccc(NS(=O)(=O)c3cccc(Cl)c3)c2)cc1. The van der Waals surface area contributed by atoms with Gasteiger partial charge in [0.15, 0.2) is 0 Å². The summed E-state index contributed by atoms with van der Waals surface area (Å²) in [5, 5.41) is 12.0. The van der Waals surface area contributed by atoms with Crippen LogP contribution in [0.2, 0.25) is 5.02 Å². The Morgan fingerprint density at radius 1 is 0.903 bits per heavy atom. The molecule has 0 radical (unpaired) electrons. The van der Waals surface area contributed by atoms with Crippen LogP contribution < -0.4 is 10.0 Å². The highest BCUT2D eigenvalue weighted by Gasteiger charge is 2.15. The second-order valence-electron chi connectivity index (χ2n) is 6.65. The number of halogens is 1. The molecule has 3 N–H and O–H groups in total. The highest BCUT2D eigenvalue weighted by atomic mass is 35.5. The van der Waals surface area contributed by atoms with Gasteiger partial charge in [0.2, 0.25) is 0 Å². The molecule has 0 aliphatic rings. The number of carboxylic acid groups (broad SMARTS) is 1. The number of benzene rings is 3. The van der Waals surface area contributed by atoms with Crippen molar-refractivity contribution >= 4 is 39.2 Å². The van der Waals surface area contributed by atoms with E-state index in [1.807, 2.05) is 0 Å². The minimum atomic E-state index is -3.85. The van der Waals surface area contributed by atoms with Crippen LogP contribution in [-0.2, 0) is 16.4 Å². The number of carboxylic acids is 1. The van der Waals surface area contributed by atoms with Gasteiger partial charge >= 0.3 is 5.97 Å². The molecule has 0 spiro atoms. The second kappa shape index (κ2) is 9.63. The van der Waals surface area contributed by atoms with Crippen molar-refractivity contribution in [2.45, 2.75) is 11.3 Å². The molecule has 3 rings (SSSR count). The van der Waals surface area contributed by atoms with Crippen molar-refractivity contribution < 1.29 is 23.1 Å². The van der Waals surface area contributed by atoms with Crippen LogP contribution in [0.15, 0.2) is 77.7 Å². The van der Waals surface area contributed by atoms with Gasteiger partial charge in [0.05, 0.1) is 10.5 Å². The Hall–Kier alpha value is -3.36. The van der Waals surface area contributed by atoms with Gasteiger partial charge in [0.1, 0.15) is 0 Å². The van der Waals surface area contributed by atoms with Gasteiger partial charge < -0.3 is 10.4 Å². The van der Waals surface area contributed by atoms with E-state index in [1.165, 1.54) is 36.4 Å². The van der Waals surface area contributed by atoms with Crippen molar-refractivity contribution in [3.05, 3.63) is 94.5 Å². The molecule has 1 amide bonds. The molecule has 0 fully saturated rings. The van der Waals surface area contributed by atoms with Gasteiger partial charge in [-0.25, -0.2) is 13.2 Å². The van der Waals surface area contributed by atoms with Crippen molar-refractivity contribution in [3.63, 3.8) is 0 Å². The maximum absolute atomic E-state index is 12.5. The summed E-state index contributed by atoms with van der Waals surface area (Å²) in [5.41, 5.74) is 1.63. The number of carbonyl (C=O) groups excluding carboxylic acids is 1. The number of rotatable bonds is 8. The molecule has 0 heterocycles. The topological polar surface area (TPSA) is 113 Å². The first-order valence-corrected chi connectivity index (χ1v) is 11.1. The van der Waals surface area contributed by atoms with Gasteiger partial charge in [0.25, 0.3) is 15.9 Å². The predicted molar refractivity (Wildman–Crippen MR) is 118 cm³/mol. The fraction of sp³-hybridized carbons (Fsp3) is 0.0909. The van der Waals surface area contributed by atoms with E-state index in [0.29, 0.717) is 23.6 Å². The average molecular weight is 459 g/mol.